The molecule has 31 heavy (non-hydrogen) atoms. The Bertz CT molecular complexity index is 967. The van der Waals surface area contributed by atoms with Gasteiger partial charge in [-0.1, -0.05) is 12.1 Å². The third kappa shape index (κ3) is 6.93. The zero-order valence-corrected chi connectivity index (χ0v) is 19.2. The molecule has 0 unspecified atom stereocenters. The molecule has 0 heterocycles. The van der Waals surface area contributed by atoms with E-state index in [-0.39, 0.29) is 18.8 Å². The molecule has 8 heteroatoms. The van der Waals surface area contributed by atoms with Crippen LogP contribution in [0.1, 0.15) is 19.4 Å². The van der Waals surface area contributed by atoms with Gasteiger partial charge in [0.25, 0.3) is 0 Å². The van der Waals surface area contributed by atoms with Crippen molar-refractivity contribution in [2.24, 2.45) is 0 Å². The number of hydrogen-bond acceptors (Lipinski definition) is 7. The van der Waals surface area contributed by atoms with Gasteiger partial charge in [0, 0.05) is 0 Å². The Morgan fingerprint density at radius 3 is 2.39 bits per heavy atom. The van der Waals surface area contributed by atoms with Gasteiger partial charge in [0.1, 0.15) is 24.9 Å². The number of nitrogens with zero attached hydrogens (tertiary/aromatic N) is 1. The molecule has 0 radical (unpaired) electrons. The topological polar surface area (TPSA) is 87.0 Å². The Balaban J connectivity index is 2.14. The molecular weight excluding hydrogens is 466 g/mol. The molecule has 164 valence electrons. The van der Waals surface area contributed by atoms with Crippen LogP contribution in [0.4, 0.5) is 0 Å². The number of carbonyl (C=O) groups excluding carboxylic acids is 1. The van der Waals surface area contributed by atoms with Gasteiger partial charge in [0.15, 0.2) is 23.0 Å². The molecule has 0 aliphatic rings. The monoisotopic (exact) mass is 489 g/mol. The lowest BCUT2D eigenvalue weighted by atomic mass is 10.1. The number of methoxy groups -OCH3 is 1. The number of benzene rings is 2. The summed E-state index contributed by atoms with van der Waals surface area (Å²) in [6, 6.07) is 12.6. The van der Waals surface area contributed by atoms with Gasteiger partial charge in [-0.2, -0.15) is 5.26 Å². The highest BCUT2D eigenvalue weighted by molar-refractivity contribution is 9.10. The van der Waals surface area contributed by atoms with E-state index in [0.717, 1.165) is 0 Å². The number of halogens is 1. The number of nitriles is 1. The highest BCUT2D eigenvalue weighted by Crippen LogP contribution is 2.37. The first kappa shape index (κ1) is 24.1. The van der Waals surface area contributed by atoms with Gasteiger partial charge in [0.2, 0.25) is 0 Å². The fourth-order valence-corrected chi connectivity index (χ4v) is 3.19. The van der Waals surface area contributed by atoms with Crippen LogP contribution in [0.15, 0.2) is 46.4 Å². The summed E-state index contributed by atoms with van der Waals surface area (Å²) in [4.78, 5) is 11.9. The average Bonchev–Trinajstić information content (AvgIpc) is 2.77. The second-order valence-electron chi connectivity index (χ2n) is 6.00. The van der Waals surface area contributed by atoms with Gasteiger partial charge in [-0.25, -0.2) is 4.79 Å². The Hall–Kier alpha value is -3.18. The molecule has 0 saturated heterocycles. The predicted molar refractivity (Wildman–Crippen MR) is 120 cm³/mol. The second-order valence-corrected chi connectivity index (χ2v) is 6.86. The summed E-state index contributed by atoms with van der Waals surface area (Å²) in [6.07, 6.45) is 1.44. The fourth-order valence-electron chi connectivity index (χ4n) is 2.62. The van der Waals surface area contributed by atoms with Gasteiger partial charge >= 0.3 is 5.97 Å². The van der Waals surface area contributed by atoms with Gasteiger partial charge in [-0.05, 0) is 65.7 Å². The average molecular weight is 490 g/mol. The molecule has 0 bridgehead atoms. The van der Waals surface area contributed by atoms with Crippen LogP contribution in [0.5, 0.6) is 23.0 Å². The molecule has 0 atom stereocenters. The second kappa shape index (κ2) is 12.5. The first-order chi connectivity index (χ1) is 15.0. The summed E-state index contributed by atoms with van der Waals surface area (Å²) in [5.74, 6) is 1.57. The molecule has 2 aromatic carbocycles. The summed E-state index contributed by atoms with van der Waals surface area (Å²) in [5, 5.41) is 9.25. The molecule has 2 rings (SSSR count). The minimum absolute atomic E-state index is 0.102. The van der Waals surface area contributed by atoms with E-state index in [4.69, 9.17) is 23.7 Å². The highest BCUT2D eigenvalue weighted by atomic mass is 79.9. The first-order valence-corrected chi connectivity index (χ1v) is 10.5. The van der Waals surface area contributed by atoms with Crippen LogP contribution < -0.4 is 18.9 Å². The molecule has 0 N–H and O–H groups in total. The van der Waals surface area contributed by atoms with Crippen molar-refractivity contribution in [3.8, 4) is 29.1 Å². The van der Waals surface area contributed by atoms with E-state index >= 15 is 0 Å². The lowest BCUT2D eigenvalue weighted by Gasteiger charge is -2.15. The number of hydrogen-bond donors (Lipinski definition) is 0. The Labute approximate surface area is 190 Å². The van der Waals surface area contributed by atoms with Crippen molar-refractivity contribution >= 4 is 28.0 Å². The highest BCUT2D eigenvalue weighted by Gasteiger charge is 2.15. The Morgan fingerprint density at radius 1 is 1.03 bits per heavy atom. The van der Waals surface area contributed by atoms with E-state index in [1.807, 2.05) is 37.3 Å². The van der Waals surface area contributed by atoms with Crippen molar-refractivity contribution in [1.29, 1.82) is 5.26 Å². The quantitative estimate of drug-likeness (QED) is 0.194. The van der Waals surface area contributed by atoms with Crippen LogP contribution in [0, 0.1) is 11.3 Å². The zero-order valence-electron chi connectivity index (χ0n) is 17.6. The maximum atomic E-state index is 11.9. The standard InChI is InChI=1S/C23H24BrNO6/c1-4-28-21-14-16(12-17(15-25)23(26)29-5-2)13-18(24)22(21)31-11-10-30-20-9-7-6-8-19(20)27-3/h6-9,12-14H,4-5,10-11H2,1-3H3/b17-12+. The Morgan fingerprint density at radius 2 is 1.74 bits per heavy atom. The molecular formula is C23H24BrNO6. The number of para-hydroxylation sites is 2. The van der Waals surface area contributed by atoms with Crippen LogP contribution in [-0.4, -0.2) is 39.5 Å². The van der Waals surface area contributed by atoms with E-state index in [2.05, 4.69) is 15.9 Å². The first-order valence-electron chi connectivity index (χ1n) is 9.67. The molecule has 0 aromatic heterocycles. The summed E-state index contributed by atoms with van der Waals surface area (Å²) < 4.78 is 28.1. The molecule has 0 aliphatic heterocycles. The van der Waals surface area contributed by atoms with E-state index in [9.17, 15) is 10.1 Å². The molecule has 0 aliphatic carbocycles. The largest absolute Gasteiger partial charge is 0.493 e. The van der Waals surface area contributed by atoms with Crippen LogP contribution >= 0.6 is 15.9 Å². The van der Waals surface area contributed by atoms with E-state index < -0.39 is 5.97 Å². The summed E-state index contributed by atoms with van der Waals surface area (Å²) in [5.41, 5.74) is 0.493. The lowest BCUT2D eigenvalue weighted by molar-refractivity contribution is -0.137. The predicted octanol–water partition coefficient (Wildman–Crippen LogP) is 4.78. The van der Waals surface area contributed by atoms with Gasteiger partial charge in [-0.15, -0.1) is 0 Å². The summed E-state index contributed by atoms with van der Waals surface area (Å²) in [6.45, 7) is 4.69. The number of rotatable bonds is 11. The van der Waals surface area contributed by atoms with Gasteiger partial charge < -0.3 is 23.7 Å². The van der Waals surface area contributed by atoms with Crippen LogP contribution in [0.25, 0.3) is 6.08 Å². The van der Waals surface area contributed by atoms with Gasteiger partial charge in [0.05, 0.1) is 24.8 Å². The zero-order chi connectivity index (χ0) is 22.6. The molecule has 7 nitrogen and oxygen atoms in total. The van der Waals surface area contributed by atoms with Crippen molar-refractivity contribution in [2.45, 2.75) is 13.8 Å². The van der Waals surface area contributed by atoms with Crippen LogP contribution in [0.2, 0.25) is 0 Å². The number of carbonyl (C=O) groups is 1. The minimum Gasteiger partial charge on any atom is -0.493 e. The lowest BCUT2D eigenvalue weighted by Crippen LogP contribution is -2.11. The van der Waals surface area contributed by atoms with E-state index in [1.165, 1.54) is 6.08 Å². The maximum absolute atomic E-state index is 11.9. The molecule has 0 saturated carbocycles. The minimum atomic E-state index is -0.673. The van der Waals surface area contributed by atoms with Crippen molar-refractivity contribution < 1.29 is 28.5 Å². The number of esters is 1. The third-order valence-electron chi connectivity index (χ3n) is 3.91. The smallest absolute Gasteiger partial charge is 0.348 e. The Kier molecular flexibility index (Phi) is 9.72. The normalized spacial score (nSPS) is 10.7. The molecule has 0 amide bonds. The van der Waals surface area contributed by atoms with Crippen LogP contribution in [-0.2, 0) is 9.53 Å². The van der Waals surface area contributed by atoms with Crippen molar-refractivity contribution in [1.82, 2.24) is 0 Å². The van der Waals surface area contributed by atoms with Crippen molar-refractivity contribution in [2.75, 3.05) is 33.5 Å². The summed E-state index contributed by atoms with van der Waals surface area (Å²) >= 11 is 3.47. The molecule has 2 aromatic rings. The molecule has 0 fully saturated rings. The van der Waals surface area contributed by atoms with Gasteiger partial charge in [-0.3, -0.25) is 0 Å². The SMILES string of the molecule is CCOC(=O)/C(C#N)=C/c1cc(Br)c(OCCOc2ccccc2OC)c(OCC)c1. The van der Waals surface area contributed by atoms with Crippen molar-refractivity contribution in [3.63, 3.8) is 0 Å². The number of ether oxygens (including phenoxy) is 5. The van der Waals surface area contributed by atoms with Crippen LogP contribution in [0.3, 0.4) is 0 Å². The molecule has 0 spiro atoms. The fraction of sp³-hybridized carbons (Fsp3) is 0.304. The maximum Gasteiger partial charge on any atom is 0.348 e. The summed E-state index contributed by atoms with van der Waals surface area (Å²) in [7, 11) is 1.58. The van der Waals surface area contributed by atoms with E-state index in [1.54, 1.807) is 26.2 Å². The van der Waals surface area contributed by atoms with Crippen molar-refractivity contribution in [3.05, 3.63) is 52.0 Å². The van der Waals surface area contributed by atoms with E-state index in [0.29, 0.717) is 46.2 Å². The third-order valence-corrected chi connectivity index (χ3v) is 4.50.